The quantitative estimate of drug-likeness (QED) is 0.0275. The molecular formula is C45H89NO3Si. The number of nitrogens with zero attached hydrogens (tertiary/aromatic N) is 1. The SMILES string of the molecule is C#CCN(C)CCCCCCO[Si](C)(C)OC(CCCCCCCCCCC1CCCCC1)OCCCCCCCCCCCCCCCC. The van der Waals surface area contributed by atoms with Crippen LogP contribution in [0.1, 0.15) is 219 Å². The summed E-state index contributed by atoms with van der Waals surface area (Å²) >= 11 is 0. The summed E-state index contributed by atoms with van der Waals surface area (Å²) in [6, 6.07) is 0. The molecule has 1 fully saturated rings. The van der Waals surface area contributed by atoms with Crippen LogP contribution in [0.15, 0.2) is 0 Å². The van der Waals surface area contributed by atoms with Crippen LogP contribution < -0.4 is 0 Å². The van der Waals surface area contributed by atoms with Crippen molar-refractivity contribution in [1.82, 2.24) is 4.90 Å². The van der Waals surface area contributed by atoms with Crippen molar-refractivity contribution in [1.29, 1.82) is 0 Å². The van der Waals surface area contributed by atoms with E-state index in [4.69, 9.17) is 20.0 Å². The second-order valence-corrected chi connectivity index (χ2v) is 19.9. The van der Waals surface area contributed by atoms with Crippen LogP contribution in [0.2, 0.25) is 13.1 Å². The van der Waals surface area contributed by atoms with Gasteiger partial charge in [0, 0.05) is 13.2 Å². The summed E-state index contributed by atoms with van der Waals surface area (Å²) in [6.45, 7) is 10.1. The molecule has 0 spiro atoms. The highest BCUT2D eigenvalue weighted by atomic mass is 28.4. The largest absolute Gasteiger partial charge is 0.394 e. The Labute approximate surface area is 316 Å². The first-order valence-corrected chi connectivity index (χ1v) is 25.3. The van der Waals surface area contributed by atoms with Crippen LogP contribution in [-0.4, -0.2) is 53.1 Å². The van der Waals surface area contributed by atoms with Gasteiger partial charge in [0.05, 0.1) is 6.54 Å². The highest BCUT2D eigenvalue weighted by molar-refractivity contribution is 6.64. The van der Waals surface area contributed by atoms with Crippen molar-refractivity contribution in [3.63, 3.8) is 0 Å². The van der Waals surface area contributed by atoms with Gasteiger partial charge in [0.25, 0.3) is 0 Å². The Morgan fingerprint density at radius 2 is 1.10 bits per heavy atom. The molecule has 0 bridgehead atoms. The van der Waals surface area contributed by atoms with Crippen molar-refractivity contribution >= 4 is 8.56 Å². The van der Waals surface area contributed by atoms with Crippen molar-refractivity contribution in [2.75, 3.05) is 33.4 Å². The highest BCUT2D eigenvalue weighted by Gasteiger charge is 2.29. The average Bonchev–Trinajstić information content (AvgIpc) is 3.10. The summed E-state index contributed by atoms with van der Waals surface area (Å²) in [6.07, 6.45) is 50.4. The van der Waals surface area contributed by atoms with Gasteiger partial charge in [0.1, 0.15) is 6.29 Å². The molecule has 1 atom stereocenters. The molecule has 296 valence electrons. The van der Waals surface area contributed by atoms with Crippen molar-refractivity contribution < 1.29 is 13.6 Å². The third-order valence-electron chi connectivity index (χ3n) is 11.0. The maximum Gasteiger partial charge on any atom is 0.333 e. The van der Waals surface area contributed by atoms with E-state index in [0.29, 0.717) is 0 Å². The molecule has 0 amide bonds. The van der Waals surface area contributed by atoms with Crippen LogP contribution in [0.3, 0.4) is 0 Å². The Balaban J connectivity index is 2.21. The summed E-state index contributed by atoms with van der Waals surface area (Å²) in [7, 11) is -0.131. The second kappa shape index (κ2) is 35.6. The zero-order valence-electron chi connectivity index (χ0n) is 34.6. The third-order valence-corrected chi connectivity index (χ3v) is 12.7. The van der Waals surface area contributed by atoms with Crippen LogP contribution in [0.25, 0.3) is 0 Å². The topological polar surface area (TPSA) is 30.9 Å². The normalized spacial score (nSPS) is 14.8. The molecule has 50 heavy (non-hydrogen) atoms. The molecule has 0 N–H and O–H groups in total. The molecule has 4 nitrogen and oxygen atoms in total. The van der Waals surface area contributed by atoms with Gasteiger partial charge < -0.3 is 13.6 Å². The predicted molar refractivity (Wildman–Crippen MR) is 222 cm³/mol. The monoisotopic (exact) mass is 720 g/mol. The Hall–Kier alpha value is -0.383. The number of rotatable bonds is 38. The first-order valence-electron chi connectivity index (χ1n) is 22.5. The molecule has 1 aliphatic carbocycles. The summed E-state index contributed by atoms with van der Waals surface area (Å²) in [5.74, 6) is 3.78. The summed E-state index contributed by atoms with van der Waals surface area (Å²) in [5, 5.41) is 0. The van der Waals surface area contributed by atoms with Crippen LogP contribution in [-0.2, 0) is 13.6 Å². The van der Waals surface area contributed by atoms with Crippen LogP contribution in [0.4, 0.5) is 0 Å². The maximum atomic E-state index is 6.63. The minimum atomic E-state index is -2.23. The van der Waals surface area contributed by atoms with Crippen LogP contribution in [0, 0.1) is 18.3 Å². The first-order chi connectivity index (χ1) is 24.5. The van der Waals surface area contributed by atoms with E-state index in [9.17, 15) is 0 Å². The van der Waals surface area contributed by atoms with E-state index in [-0.39, 0.29) is 6.29 Å². The van der Waals surface area contributed by atoms with Gasteiger partial charge in [-0.05, 0) is 64.7 Å². The number of hydrogen-bond acceptors (Lipinski definition) is 4. The van der Waals surface area contributed by atoms with Gasteiger partial charge in [0.2, 0.25) is 0 Å². The van der Waals surface area contributed by atoms with Crippen molar-refractivity contribution in [2.24, 2.45) is 5.92 Å². The van der Waals surface area contributed by atoms with E-state index in [0.717, 1.165) is 51.5 Å². The zero-order valence-corrected chi connectivity index (χ0v) is 35.6. The highest BCUT2D eigenvalue weighted by Crippen LogP contribution is 2.28. The zero-order chi connectivity index (χ0) is 36.2. The third kappa shape index (κ3) is 32.3. The Morgan fingerprint density at radius 1 is 0.620 bits per heavy atom. The van der Waals surface area contributed by atoms with E-state index < -0.39 is 8.56 Å². The minimum absolute atomic E-state index is 0.106. The van der Waals surface area contributed by atoms with Gasteiger partial charge in [-0.3, -0.25) is 4.90 Å². The molecule has 1 aliphatic rings. The van der Waals surface area contributed by atoms with E-state index >= 15 is 0 Å². The maximum absolute atomic E-state index is 6.63. The Bertz CT molecular complexity index is 734. The molecule has 0 aromatic rings. The summed E-state index contributed by atoms with van der Waals surface area (Å²) in [5.41, 5.74) is 0. The summed E-state index contributed by atoms with van der Waals surface area (Å²) < 4.78 is 19.4. The lowest BCUT2D eigenvalue weighted by Gasteiger charge is -2.29. The first kappa shape index (κ1) is 47.6. The van der Waals surface area contributed by atoms with E-state index in [1.54, 1.807) is 0 Å². The predicted octanol–water partition coefficient (Wildman–Crippen LogP) is 14.2. The molecule has 0 heterocycles. The van der Waals surface area contributed by atoms with Gasteiger partial charge in [0.15, 0.2) is 0 Å². The molecule has 0 aliphatic heterocycles. The molecule has 1 rings (SSSR count). The lowest BCUT2D eigenvalue weighted by atomic mass is 9.85. The lowest BCUT2D eigenvalue weighted by Crippen LogP contribution is -2.40. The van der Waals surface area contributed by atoms with Crippen molar-refractivity contribution in [2.45, 2.75) is 238 Å². The second-order valence-electron chi connectivity index (χ2n) is 16.5. The molecule has 0 saturated heterocycles. The van der Waals surface area contributed by atoms with Crippen LogP contribution in [0.5, 0.6) is 0 Å². The number of ether oxygens (including phenoxy) is 1. The fraction of sp³-hybridized carbons (Fsp3) is 0.956. The molecule has 1 unspecified atom stereocenters. The number of hydrogen-bond donors (Lipinski definition) is 0. The number of unbranched alkanes of at least 4 members (excludes halogenated alkanes) is 23. The smallest absolute Gasteiger partial charge is 0.333 e. The molecule has 0 aromatic heterocycles. The molecule has 1 saturated carbocycles. The molecular weight excluding hydrogens is 631 g/mol. The Morgan fingerprint density at radius 3 is 1.66 bits per heavy atom. The van der Waals surface area contributed by atoms with Crippen molar-refractivity contribution in [3.05, 3.63) is 0 Å². The Kier molecular flexibility index (Phi) is 34.0. The standard InChI is InChI=1S/C45H89NO3Si/c1-6-8-9-10-11-12-13-14-15-16-19-22-26-34-42-47-45(49-50(4,5)48-43-35-27-25-33-41-46(3)40-7-2)39-32-24-21-18-17-20-23-29-36-44-37-30-28-31-38-44/h2,44-45H,6,8-43H2,1,3-5H3. The van der Waals surface area contributed by atoms with Crippen LogP contribution >= 0.6 is 0 Å². The minimum Gasteiger partial charge on any atom is -0.394 e. The van der Waals surface area contributed by atoms with E-state index in [2.05, 4.69) is 37.9 Å². The van der Waals surface area contributed by atoms with Gasteiger partial charge in [-0.2, -0.15) is 0 Å². The fourth-order valence-electron chi connectivity index (χ4n) is 7.71. The van der Waals surface area contributed by atoms with Gasteiger partial charge >= 0.3 is 8.56 Å². The lowest BCUT2D eigenvalue weighted by molar-refractivity contribution is -0.104. The van der Waals surface area contributed by atoms with Gasteiger partial charge in [-0.15, -0.1) is 6.42 Å². The molecule has 5 heteroatoms. The van der Waals surface area contributed by atoms with Crippen molar-refractivity contribution in [3.8, 4) is 12.3 Å². The van der Waals surface area contributed by atoms with Gasteiger partial charge in [-0.1, -0.05) is 193 Å². The molecule has 0 aromatic carbocycles. The van der Waals surface area contributed by atoms with Gasteiger partial charge in [-0.25, -0.2) is 0 Å². The average molecular weight is 720 g/mol. The number of terminal acetylenes is 1. The fourth-order valence-corrected chi connectivity index (χ4v) is 9.23. The van der Waals surface area contributed by atoms with E-state index in [1.807, 2.05) is 0 Å². The van der Waals surface area contributed by atoms with E-state index in [1.165, 1.54) is 193 Å². The summed E-state index contributed by atoms with van der Waals surface area (Å²) in [4.78, 5) is 2.22. The molecule has 0 radical (unpaired) electrons.